The van der Waals surface area contributed by atoms with E-state index in [0.29, 0.717) is 11.3 Å². The molecule has 1 aromatic heterocycles. The average Bonchev–Trinajstić information content (AvgIpc) is 2.90. The lowest BCUT2D eigenvalue weighted by Crippen LogP contribution is -2.24. The molecule has 0 aliphatic carbocycles. The van der Waals surface area contributed by atoms with Crippen LogP contribution >= 0.6 is 0 Å². The molecule has 2 rings (SSSR count). The highest BCUT2D eigenvalue weighted by Crippen LogP contribution is 2.23. The molecule has 0 aliphatic heterocycles. The smallest absolute Gasteiger partial charge is 0.342 e. The van der Waals surface area contributed by atoms with E-state index in [2.05, 4.69) is 69.3 Å². The maximum absolute atomic E-state index is 11.7. The number of aryl methyl sites for hydroxylation is 1. The van der Waals surface area contributed by atoms with Crippen LogP contribution in [0.15, 0.2) is 81.6 Å². The van der Waals surface area contributed by atoms with Crippen molar-refractivity contribution in [1.29, 1.82) is 0 Å². The quantitative estimate of drug-likeness (QED) is 0.203. The second-order valence-corrected chi connectivity index (χ2v) is 10.1. The Morgan fingerprint density at radius 1 is 1.03 bits per heavy atom. The molecule has 4 nitrogen and oxygen atoms in total. The van der Waals surface area contributed by atoms with Crippen molar-refractivity contribution in [3.8, 4) is 5.75 Å². The first-order valence-electron chi connectivity index (χ1n) is 13.4. The molecule has 37 heavy (non-hydrogen) atoms. The highest BCUT2D eigenvalue weighted by atomic mass is 16.4. The standard InChI is InChI=1S/C33H44O4/c1-24(17-15-18-25(2)31(34)26(3)22-23-29-19-12-10-13-20-29)16-11-8-6-7-9-14-21-30-27(4)32(35)28(5)33(36)37-30/h10-21,25-26,31,34-35H,6-9,22-23H2,1-5H3/b16-11+,18-15+,21-14+,24-17+. The summed E-state index contributed by atoms with van der Waals surface area (Å²) >= 11 is 0. The summed E-state index contributed by atoms with van der Waals surface area (Å²) in [4.78, 5) is 11.7. The van der Waals surface area contributed by atoms with Gasteiger partial charge < -0.3 is 14.6 Å². The zero-order valence-corrected chi connectivity index (χ0v) is 23.1. The third-order valence-electron chi connectivity index (χ3n) is 6.86. The van der Waals surface area contributed by atoms with E-state index in [1.54, 1.807) is 19.9 Å². The molecule has 4 heteroatoms. The van der Waals surface area contributed by atoms with E-state index >= 15 is 0 Å². The van der Waals surface area contributed by atoms with E-state index in [4.69, 9.17) is 4.42 Å². The van der Waals surface area contributed by atoms with Gasteiger partial charge in [0.15, 0.2) is 0 Å². The van der Waals surface area contributed by atoms with Gasteiger partial charge in [-0.15, -0.1) is 0 Å². The molecule has 0 fully saturated rings. The molecule has 0 saturated heterocycles. The van der Waals surface area contributed by atoms with E-state index < -0.39 is 5.63 Å². The fraction of sp³-hybridized carbons (Fsp3) is 0.424. The SMILES string of the molecule is CC(/C=C/CCCC/C=C/c1oc(=O)c(C)c(O)c1C)=C\C=C\C(C)C(O)C(C)CCc1ccccc1. The van der Waals surface area contributed by atoms with E-state index in [1.807, 2.05) is 18.2 Å². The summed E-state index contributed by atoms with van der Waals surface area (Å²) in [6.45, 7) is 9.59. The molecular weight excluding hydrogens is 460 g/mol. The van der Waals surface area contributed by atoms with Crippen LogP contribution in [0.1, 0.15) is 75.3 Å². The summed E-state index contributed by atoms with van der Waals surface area (Å²) in [6, 6.07) is 10.4. The molecule has 0 aliphatic rings. The maximum atomic E-state index is 11.7. The number of allylic oxidation sites excluding steroid dienone is 6. The van der Waals surface area contributed by atoms with Gasteiger partial charge in [0.2, 0.25) is 0 Å². The van der Waals surface area contributed by atoms with E-state index in [-0.39, 0.29) is 29.3 Å². The summed E-state index contributed by atoms with van der Waals surface area (Å²) in [6.07, 6.45) is 19.9. The minimum atomic E-state index is -0.495. The molecule has 2 N–H and O–H groups in total. The van der Waals surface area contributed by atoms with Crippen LogP contribution in [0.2, 0.25) is 0 Å². The van der Waals surface area contributed by atoms with Gasteiger partial charge in [0.25, 0.3) is 0 Å². The second-order valence-electron chi connectivity index (χ2n) is 10.1. The Morgan fingerprint density at radius 3 is 2.41 bits per heavy atom. The molecule has 0 saturated carbocycles. The van der Waals surface area contributed by atoms with Gasteiger partial charge in [-0.1, -0.05) is 86.2 Å². The van der Waals surface area contributed by atoms with Crippen molar-refractivity contribution in [3.63, 3.8) is 0 Å². The zero-order chi connectivity index (χ0) is 27.2. The topological polar surface area (TPSA) is 70.7 Å². The number of aromatic hydroxyl groups is 1. The number of hydrogen-bond acceptors (Lipinski definition) is 4. The molecule has 0 spiro atoms. The third-order valence-corrected chi connectivity index (χ3v) is 6.86. The van der Waals surface area contributed by atoms with Crippen LogP contribution in [0.25, 0.3) is 6.08 Å². The van der Waals surface area contributed by atoms with Gasteiger partial charge in [0, 0.05) is 11.5 Å². The first-order valence-corrected chi connectivity index (χ1v) is 13.4. The van der Waals surface area contributed by atoms with Crippen LogP contribution in [0, 0.1) is 25.7 Å². The fourth-order valence-electron chi connectivity index (χ4n) is 4.17. The molecule has 1 aromatic carbocycles. The van der Waals surface area contributed by atoms with Crippen molar-refractivity contribution >= 4 is 6.08 Å². The minimum absolute atomic E-state index is 0.0123. The number of aliphatic hydroxyl groups is 1. The van der Waals surface area contributed by atoms with Crippen molar-refractivity contribution in [2.75, 3.05) is 0 Å². The Labute approximate surface area is 222 Å². The Hall–Kier alpha value is -3.11. The number of aliphatic hydroxyl groups excluding tert-OH is 1. The molecule has 3 atom stereocenters. The molecule has 3 unspecified atom stereocenters. The predicted molar refractivity (Wildman–Crippen MR) is 155 cm³/mol. The van der Waals surface area contributed by atoms with Crippen LogP contribution in [0.3, 0.4) is 0 Å². The summed E-state index contributed by atoms with van der Waals surface area (Å²) in [7, 11) is 0. The lowest BCUT2D eigenvalue weighted by Gasteiger charge is -2.22. The van der Waals surface area contributed by atoms with Crippen molar-refractivity contribution in [1.82, 2.24) is 0 Å². The normalized spacial score (nSPS) is 15.1. The largest absolute Gasteiger partial charge is 0.507 e. The van der Waals surface area contributed by atoms with Crippen molar-refractivity contribution in [2.24, 2.45) is 11.8 Å². The molecule has 1 heterocycles. The van der Waals surface area contributed by atoms with Gasteiger partial charge in [-0.05, 0) is 76.9 Å². The van der Waals surface area contributed by atoms with Gasteiger partial charge in [-0.3, -0.25) is 0 Å². The molecular formula is C33H44O4. The Balaban J connectivity index is 1.67. The third kappa shape index (κ3) is 10.4. The number of unbranched alkanes of at least 4 members (excludes halogenated alkanes) is 3. The molecule has 0 amide bonds. The summed E-state index contributed by atoms with van der Waals surface area (Å²) in [5.41, 5.74) is 2.84. The summed E-state index contributed by atoms with van der Waals surface area (Å²) in [5, 5.41) is 20.7. The average molecular weight is 505 g/mol. The molecule has 200 valence electrons. The molecule has 0 radical (unpaired) electrons. The first-order chi connectivity index (χ1) is 17.7. The summed E-state index contributed by atoms with van der Waals surface area (Å²) in [5.74, 6) is 0.780. The van der Waals surface area contributed by atoms with Crippen LogP contribution in [-0.2, 0) is 6.42 Å². The maximum Gasteiger partial charge on any atom is 0.342 e. The van der Waals surface area contributed by atoms with Crippen molar-refractivity contribution in [3.05, 3.63) is 105 Å². The van der Waals surface area contributed by atoms with Crippen LogP contribution in [0.4, 0.5) is 0 Å². The number of benzene rings is 1. The van der Waals surface area contributed by atoms with Gasteiger partial charge in [-0.25, -0.2) is 4.79 Å². The highest BCUT2D eigenvalue weighted by molar-refractivity contribution is 5.52. The molecule has 2 aromatic rings. The van der Waals surface area contributed by atoms with Gasteiger partial charge >= 0.3 is 5.63 Å². The number of hydrogen-bond donors (Lipinski definition) is 2. The molecule has 0 bridgehead atoms. The summed E-state index contributed by atoms with van der Waals surface area (Å²) < 4.78 is 5.25. The Kier molecular flexibility index (Phi) is 12.9. The van der Waals surface area contributed by atoms with Gasteiger partial charge in [0.05, 0.1) is 11.7 Å². The Bertz CT molecular complexity index is 1130. The first kappa shape index (κ1) is 30.1. The lowest BCUT2D eigenvalue weighted by molar-refractivity contribution is 0.0791. The Morgan fingerprint density at radius 2 is 1.70 bits per heavy atom. The predicted octanol–water partition coefficient (Wildman–Crippen LogP) is 7.86. The monoisotopic (exact) mass is 504 g/mol. The van der Waals surface area contributed by atoms with E-state index in [1.165, 1.54) is 11.1 Å². The van der Waals surface area contributed by atoms with Gasteiger partial charge in [-0.2, -0.15) is 0 Å². The highest BCUT2D eigenvalue weighted by Gasteiger charge is 2.19. The van der Waals surface area contributed by atoms with E-state index in [0.717, 1.165) is 38.5 Å². The van der Waals surface area contributed by atoms with Crippen LogP contribution < -0.4 is 5.63 Å². The van der Waals surface area contributed by atoms with Crippen molar-refractivity contribution < 1.29 is 14.6 Å². The van der Waals surface area contributed by atoms with Crippen LogP contribution in [0.5, 0.6) is 5.75 Å². The second kappa shape index (κ2) is 15.9. The minimum Gasteiger partial charge on any atom is -0.507 e. The van der Waals surface area contributed by atoms with Crippen molar-refractivity contribution in [2.45, 2.75) is 79.2 Å². The fourth-order valence-corrected chi connectivity index (χ4v) is 4.17. The van der Waals surface area contributed by atoms with Gasteiger partial charge in [0.1, 0.15) is 11.5 Å². The van der Waals surface area contributed by atoms with E-state index in [9.17, 15) is 15.0 Å². The zero-order valence-electron chi connectivity index (χ0n) is 23.1. The van der Waals surface area contributed by atoms with Crippen LogP contribution in [-0.4, -0.2) is 16.3 Å². The number of rotatable bonds is 14. The lowest BCUT2D eigenvalue weighted by atomic mass is 9.88.